The van der Waals surface area contributed by atoms with E-state index in [1.807, 2.05) is 0 Å². The lowest BCUT2D eigenvalue weighted by Gasteiger charge is -2.35. The van der Waals surface area contributed by atoms with Crippen LogP contribution in [-0.2, 0) is 6.54 Å². The number of piperazine rings is 1. The molecule has 35 heavy (non-hydrogen) atoms. The van der Waals surface area contributed by atoms with Gasteiger partial charge in [-0.25, -0.2) is 9.97 Å². The Bertz CT molecular complexity index is 1420. The highest BCUT2D eigenvalue weighted by molar-refractivity contribution is 6.02. The molecule has 0 unspecified atom stereocenters. The second kappa shape index (κ2) is 9.35. The lowest BCUT2D eigenvalue weighted by molar-refractivity contribution is 0.249. The van der Waals surface area contributed by atoms with Gasteiger partial charge in [0.2, 0.25) is 0 Å². The normalized spacial score (nSPS) is 14.5. The molecule has 0 amide bonds. The number of benzene rings is 3. The Morgan fingerprint density at radius 1 is 0.743 bits per heavy atom. The Morgan fingerprint density at radius 2 is 1.43 bits per heavy atom. The fraction of sp³-hybridized carbons (Fsp3) is 0.200. The second-order valence-corrected chi connectivity index (χ2v) is 9.26. The molecule has 174 valence electrons. The van der Waals surface area contributed by atoms with Crippen LogP contribution in [0.4, 0.5) is 5.82 Å². The zero-order valence-electron chi connectivity index (χ0n) is 20.0. The van der Waals surface area contributed by atoms with E-state index in [0.29, 0.717) is 0 Å². The Hall–Kier alpha value is -3.96. The molecule has 0 N–H and O–H groups in total. The third-order valence-electron chi connectivity index (χ3n) is 6.88. The van der Waals surface area contributed by atoms with E-state index in [1.165, 1.54) is 22.3 Å². The molecule has 2 aromatic heterocycles. The first-order chi connectivity index (χ1) is 17.3. The van der Waals surface area contributed by atoms with Crippen LogP contribution >= 0.6 is 0 Å². The van der Waals surface area contributed by atoms with Gasteiger partial charge in [-0.05, 0) is 30.2 Å². The topological polar surface area (TPSA) is 37.2 Å². The van der Waals surface area contributed by atoms with Crippen molar-refractivity contribution < 1.29 is 0 Å². The smallest absolute Gasteiger partial charge is 0.150 e. The monoisotopic (exact) mass is 459 g/mol. The minimum absolute atomic E-state index is 0.947. The minimum atomic E-state index is 0.947. The highest BCUT2D eigenvalue weighted by Crippen LogP contribution is 2.37. The highest BCUT2D eigenvalue weighted by Gasteiger charge is 2.24. The number of fused-ring (bicyclic) bond motifs is 1. The summed E-state index contributed by atoms with van der Waals surface area (Å²) in [4.78, 5) is 14.6. The van der Waals surface area contributed by atoms with E-state index >= 15 is 0 Å². The molecule has 3 aromatic carbocycles. The van der Waals surface area contributed by atoms with Crippen molar-refractivity contribution in [1.82, 2.24) is 19.4 Å². The van der Waals surface area contributed by atoms with Crippen molar-refractivity contribution in [2.24, 2.45) is 0 Å². The maximum Gasteiger partial charge on any atom is 0.150 e. The van der Waals surface area contributed by atoms with E-state index in [0.717, 1.165) is 55.3 Å². The Labute approximate surface area is 206 Å². The predicted octanol–water partition coefficient (Wildman–Crippen LogP) is 5.72. The van der Waals surface area contributed by atoms with Gasteiger partial charge in [-0.15, -0.1) is 0 Å². The maximum absolute atomic E-state index is 4.83. The lowest BCUT2D eigenvalue weighted by atomic mass is 10.1. The molecule has 0 atom stereocenters. The van der Waals surface area contributed by atoms with Crippen LogP contribution < -0.4 is 4.90 Å². The second-order valence-electron chi connectivity index (χ2n) is 9.26. The van der Waals surface area contributed by atoms with Gasteiger partial charge >= 0.3 is 0 Å². The third kappa shape index (κ3) is 4.31. The molecular weight excluding hydrogens is 430 g/mol. The molecule has 0 bridgehead atoms. The van der Waals surface area contributed by atoms with Crippen LogP contribution in [0.25, 0.3) is 27.8 Å². The summed E-state index contributed by atoms with van der Waals surface area (Å²) in [6.07, 6.45) is 3.93. The van der Waals surface area contributed by atoms with Crippen molar-refractivity contribution in [3.8, 4) is 16.8 Å². The first kappa shape index (κ1) is 21.6. The standard InChI is InChI=1S/C30H29N5/c1-23-12-14-26(15-13-23)35-21-27(25-10-6-3-7-11-25)28-29(31-22-32-30(28)35)34-18-16-33(17-19-34)20-24-8-4-2-5-9-24/h2-15,21-22H,16-20H2,1H3. The molecule has 0 radical (unpaired) electrons. The van der Waals surface area contributed by atoms with Gasteiger partial charge in [0.05, 0.1) is 5.39 Å². The van der Waals surface area contributed by atoms with Gasteiger partial charge in [-0.3, -0.25) is 4.90 Å². The summed E-state index contributed by atoms with van der Waals surface area (Å²) in [6.45, 7) is 7.03. The summed E-state index contributed by atoms with van der Waals surface area (Å²) in [5.74, 6) is 1.03. The van der Waals surface area contributed by atoms with Crippen LogP contribution in [0.15, 0.2) is 97.5 Å². The summed E-state index contributed by atoms with van der Waals surface area (Å²) in [5, 5.41) is 1.12. The van der Waals surface area contributed by atoms with Gasteiger partial charge in [-0.2, -0.15) is 0 Å². The number of rotatable bonds is 5. The van der Waals surface area contributed by atoms with Gasteiger partial charge in [0.1, 0.15) is 12.1 Å². The van der Waals surface area contributed by atoms with Crippen LogP contribution in [0.1, 0.15) is 11.1 Å². The van der Waals surface area contributed by atoms with Gasteiger partial charge in [0, 0.05) is 50.2 Å². The van der Waals surface area contributed by atoms with Crippen molar-refractivity contribution in [1.29, 1.82) is 0 Å². The van der Waals surface area contributed by atoms with E-state index in [9.17, 15) is 0 Å². The van der Waals surface area contributed by atoms with Crippen molar-refractivity contribution in [3.05, 3.63) is 109 Å². The highest BCUT2D eigenvalue weighted by atomic mass is 15.3. The molecule has 0 aliphatic carbocycles. The average Bonchev–Trinajstić information content (AvgIpc) is 3.31. The fourth-order valence-electron chi connectivity index (χ4n) is 4.98. The van der Waals surface area contributed by atoms with Crippen LogP contribution in [0, 0.1) is 6.92 Å². The molecule has 5 aromatic rings. The van der Waals surface area contributed by atoms with E-state index in [2.05, 4.69) is 112 Å². The quantitative estimate of drug-likeness (QED) is 0.337. The number of anilines is 1. The molecule has 1 aliphatic heterocycles. The van der Waals surface area contributed by atoms with Crippen LogP contribution in [0.2, 0.25) is 0 Å². The minimum Gasteiger partial charge on any atom is -0.353 e. The Balaban J connectivity index is 1.37. The van der Waals surface area contributed by atoms with Crippen LogP contribution in [0.3, 0.4) is 0 Å². The summed E-state index contributed by atoms with van der Waals surface area (Å²) in [5.41, 5.74) is 7.03. The molecule has 5 heteroatoms. The number of hydrogen-bond donors (Lipinski definition) is 0. The molecule has 6 rings (SSSR count). The maximum atomic E-state index is 4.83. The number of aryl methyl sites for hydroxylation is 1. The zero-order valence-corrected chi connectivity index (χ0v) is 20.0. The molecule has 1 fully saturated rings. The molecule has 0 saturated carbocycles. The Kier molecular flexibility index (Phi) is 5.76. The van der Waals surface area contributed by atoms with Crippen molar-refractivity contribution in [2.45, 2.75) is 13.5 Å². The summed E-state index contributed by atoms with van der Waals surface area (Å²) in [6, 6.07) is 29.9. The van der Waals surface area contributed by atoms with Crippen LogP contribution in [0.5, 0.6) is 0 Å². The van der Waals surface area contributed by atoms with Crippen LogP contribution in [-0.4, -0.2) is 45.6 Å². The fourth-order valence-corrected chi connectivity index (χ4v) is 4.98. The van der Waals surface area contributed by atoms with Gasteiger partial charge < -0.3 is 9.47 Å². The van der Waals surface area contributed by atoms with E-state index in [4.69, 9.17) is 9.97 Å². The van der Waals surface area contributed by atoms with Gasteiger partial charge in [-0.1, -0.05) is 78.4 Å². The predicted molar refractivity (Wildman–Crippen MR) is 143 cm³/mol. The van der Waals surface area contributed by atoms with Gasteiger partial charge in [0.25, 0.3) is 0 Å². The van der Waals surface area contributed by atoms with E-state index in [1.54, 1.807) is 6.33 Å². The molecule has 1 saturated heterocycles. The summed E-state index contributed by atoms with van der Waals surface area (Å²) in [7, 11) is 0. The molecule has 1 aliphatic rings. The van der Waals surface area contributed by atoms with Crippen molar-refractivity contribution in [3.63, 3.8) is 0 Å². The molecule has 5 nitrogen and oxygen atoms in total. The molecular formula is C30H29N5. The van der Waals surface area contributed by atoms with E-state index in [-0.39, 0.29) is 0 Å². The number of aromatic nitrogens is 3. The van der Waals surface area contributed by atoms with Crippen molar-refractivity contribution in [2.75, 3.05) is 31.1 Å². The first-order valence-electron chi connectivity index (χ1n) is 12.3. The summed E-state index contributed by atoms with van der Waals surface area (Å²) < 4.78 is 2.20. The van der Waals surface area contributed by atoms with Crippen molar-refractivity contribution >= 4 is 16.9 Å². The Morgan fingerprint density at radius 3 is 2.14 bits per heavy atom. The molecule has 3 heterocycles. The largest absolute Gasteiger partial charge is 0.353 e. The summed E-state index contributed by atoms with van der Waals surface area (Å²) >= 11 is 0. The average molecular weight is 460 g/mol. The zero-order chi connectivity index (χ0) is 23.6. The number of nitrogens with zero attached hydrogens (tertiary/aromatic N) is 5. The van der Waals surface area contributed by atoms with E-state index < -0.39 is 0 Å². The first-order valence-corrected chi connectivity index (χ1v) is 12.3. The number of hydrogen-bond acceptors (Lipinski definition) is 4. The lowest BCUT2D eigenvalue weighted by Crippen LogP contribution is -2.46. The van der Waals surface area contributed by atoms with Gasteiger partial charge in [0.15, 0.2) is 5.65 Å². The molecule has 0 spiro atoms. The third-order valence-corrected chi connectivity index (χ3v) is 6.88. The SMILES string of the molecule is Cc1ccc(-n2cc(-c3ccccc3)c3c(N4CCN(Cc5ccccc5)CC4)ncnc32)cc1.